The van der Waals surface area contributed by atoms with Gasteiger partial charge >= 0.3 is 11.9 Å². The van der Waals surface area contributed by atoms with E-state index in [1.165, 1.54) is 38.5 Å². The Kier molecular flexibility index (Phi) is 27.2. The molecule has 0 aliphatic carbocycles. The Hall–Kier alpha value is -1.81. The molecule has 0 heterocycles. The Balaban J connectivity index is 4.28. The number of hydrogen-bond acceptors (Lipinski definition) is 4. The first kappa shape index (κ1) is 33.6. The van der Waals surface area contributed by atoms with Gasteiger partial charge in [0, 0.05) is 15.6 Å². The second-order valence-corrected chi connectivity index (χ2v) is 11.6. The fourth-order valence-electron chi connectivity index (χ4n) is 4.61. The highest BCUT2D eigenvalue weighted by atomic mass is 35.5. The van der Waals surface area contributed by atoms with E-state index in [0.717, 1.165) is 89.9 Å². The van der Waals surface area contributed by atoms with Crippen molar-refractivity contribution in [2.24, 2.45) is 0 Å². The smallest absolute Gasteiger partial charge is 0.306 e. The van der Waals surface area contributed by atoms with Crippen LogP contribution in [0.2, 0.25) is 0 Å². The molecule has 0 saturated heterocycles. The standard InChI is InChI=1S/C39H67ClO4/c1-3-5-7-9-11-13-15-17-19-21-23-25-27-29-31-33-38(41)43-36-37(35-40)44-39(42)34-32-30-28-26-24-22-20-18-16-14-12-10-8-6-4-2/h6,8,12,14,17-20,37H,3-5,7,9-11,13,15-16,21-36H2,1-2H3/b8-6-,14-12-,19-17-,20-18-/t37-/m0/s1/i35D2,36D2,37D. The molecule has 0 aromatic heterocycles. The van der Waals surface area contributed by atoms with E-state index in [1.54, 1.807) is 0 Å². The Bertz CT molecular complexity index is 962. The van der Waals surface area contributed by atoms with Crippen molar-refractivity contribution in [1.29, 1.82) is 0 Å². The van der Waals surface area contributed by atoms with Crippen LogP contribution in [0.15, 0.2) is 48.6 Å². The first-order valence-electron chi connectivity index (χ1n) is 20.1. The highest BCUT2D eigenvalue weighted by molar-refractivity contribution is 6.18. The number of rotatable bonds is 32. The first-order valence-corrected chi connectivity index (χ1v) is 18.0. The minimum absolute atomic E-state index is 0.0865. The van der Waals surface area contributed by atoms with Crippen LogP contribution in [0.5, 0.6) is 0 Å². The van der Waals surface area contributed by atoms with E-state index in [-0.39, 0.29) is 12.8 Å². The minimum atomic E-state index is -3.29. The van der Waals surface area contributed by atoms with E-state index in [9.17, 15) is 9.59 Å². The van der Waals surface area contributed by atoms with Gasteiger partial charge in [0.25, 0.3) is 0 Å². The van der Waals surface area contributed by atoms with Crippen molar-refractivity contribution < 1.29 is 25.9 Å². The fourth-order valence-corrected chi connectivity index (χ4v) is 4.68. The van der Waals surface area contributed by atoms with Crippen molar-refractivity contribution in [2.75, 3.05) is 12.4 Å². The zero-order chi connectivity index (χ0) is 36.7. The molecule has 0 saturated carbocycles. The minimum Gasteiger partial charge on any atom is -0.462 e. The molecule has 5 heteroatoms. The fraction of sp³-hybridized carbons (Fsp3) is 0.744. The Labute approximate surface area is 284 Å². The van der Waals surface area contributed by atoms with Crippen molar-refractivity contribution >= 4 is 23.5 Å². The molecule has 0 radical (unpaired) electrons. The number of halogens is 1. The van der Waals surface area contributed by atoms with Crippen LogP contribution in [0.1, 0.15) is 175 Å². The molecule has 0 aromatic rings. The summed E-state index contributed by atoms with van der Waals surface area (Å²) in [7, 11) is 0. The lowest BCUT2D eigenvalue weighted by atomic mass is 10.1. The number of unbranched alkanes of at least 4 members (excludes halogenated alkanes) is 16. The van der Waals surface area contributed by atoms with Crippen molar-refractivity contribution in [1.82, 2.24) is 0 Å². The van der Waals surface area contributed by atoms with E-state index in [0.29, 0.717) is 12.8 Å². The van der Waals surface area contributed by atoms with Crippen molar-refractivity contribution in [2.45, 2.75) is 174 Å². The van der Waals surface area contributed by atoms with Crippen LogP contribution in [0.25, 0.3) is 0 Å². The lowest BCUT2D eigenvalue weighted by Crippen LogP contribution is -2.26. The van der Waals surface area contributed by atoms with Gasteiger partial charge < -0.3 is 9.47 Å². The molecular weight excluding hydrogens is 568 g/mol. The van der Waals surface area contributed by atoms with Crippen LogP contribution < -0.4 is 0 Å². The van der Waals surface area contributed by atoms with E-state index in [1.807, 2.05) is 0 Å². The Morgan fingerprint density at radius 1 is 0.614 bits per heavy atom. The van der Waals surface area contributed by atoms with E-state index < -0.39 is 30.4 Å². The molecule has 4 nitrogen and oxygen atoms in total. The van der Waals surface area contributed by atoms with Crippen molar-refractivity contribution in [3.63, 3.8) is 0 Å². The van der Waals surface area contributed by atoms with Crippen LogP contribution in [0, 0.1) is 0 Å². The molecule has 0 N–H and O–H groups in total. The van der Waals surface area contributed by atoms with Gasteiger partial charge in [-0.1, -0.05) is 133 Å². The summed E-state index contributed by atoms with van der Waals surface area (Å²) in [5, 5.41) is 0. The molecule has 1 atom stereocenters. The van der Waals surface area contributed by atoms with E-state index in [4.69, 9.17) is 27.9 Å². The van der Waals surface area contributed by atoms with Gasteiger partial charge in [0.2, 0.25) is 0 Å². The molecule has 0 amide bonds. The zero-order valence-electron chi connectivity index (χ0n) is 33.1. The molecule has 254 valence electrons. The van der Waals surface area contributed by atoms with E-state index in [2.05, 4.69) is 62.5 Å². The number of allylic oxidation sites excluding steroid dienone is 8. The van der Waals surface area contributed by atoms with Gasteiger partial charge in [-0.05, 0) is 70.6 Å². The predicted molar refractivity (Wildman–Crippen MR) is 190 cm³/mol. The summed E-state index contributed by atoms with van der Waals surface area (Å²) >= 11 is 5.72. The molecule has 0 aliphatic heterocycles. The number of hydrogen-bond donors (Lipinski definition) is 0. The molecule has 0 unspecified atom stereocenters. The summed E-state index contributed by atoms with van der Waals surface area (Å²) in [5.41, 5.74) is 0. The lowest BCUT2D eigenvalue weighted by molar-refractivity contribution is -0.157. The highest BCUT2D eigenvalue weighted by Gasteiger charge is 2.16. The maximum Gasteiger partial charge on any atom is 0.306 e. The molecule has 0 aromatic carbocycles. The van der Waals surface area contributed by atoms with Gasteiger partial charge in [-0.3, -0.25) is 9.59 Å². The molecule has 0 aliphatic rings. The zero-order valence-corrected chi connectivity index (χ0v) is 28.9. The molecule has 0 rings (SSSR count). The third-order valence-corrected chi connectivity index (χ3v) is 7.41. The second-order valence-electron chi connectivity index (χ2n) is 11.4. The molecule has 0 bridgehead atoms. The Morgan fingerprint density at radius 3 is 1.57 bits per heavy atom. The van der Waals surface area contributed by atoms with Crippen LogP contribution in [0.4, 0.5) is 0 Å². The summed E-state index contributed by atoms with van der Waals surface area (Å²) in [6.45, 7) is 1.06. The average molecular weight is 640 g/mol. The number of alkyl halides is 1. The van der Waals surface area contributed by atoms with E-state index >= 15 is 0 Å². The van der Waals surface area contributed by atoms with Crippen LogP contribution in [-0.2, 0) is 19.1 Å². The lowest BCUT2D eigenvalue weighted by Gasteiger charge is -2.15. The summed E-state index contributed by atoms with van der Waals surface area (Å²) in [5.74, 6) is -5.04. The summed E-state index contributed by atoms with van der Waals surface area (Å²) in [6, 6.07) is 0. The molecular formula is C39H67ClO4. The third kappa shape index (κ3) is 33.1. The van der Waals surface area contributed by atoms with Gasteiger partial charge in [-0.2, -0.15) is 0 Å². The quantitative estimate of drug-likeness (QED) is 0.0318. The first-order chi connectivity index (χ1) is 23.4. The number of carbonyl (C=O) groups excluding carboxylic acids is 2. The highest BCUT2D eigenvalue weighted by Crippen LogP contribution is 2.12. The van der Waals surface area contributed by atoms with Crippen molar-refractivity contribution in [3.05, 3.63) is 48.6 Å². The van der Waals surface area contributed by atoms with Gasteiger partial charge in [0.05, 0.1) is 9.94 Å². The number of carbonyl (C=O) groups is 2. The SMILES string of the molecule is [2H]C([2H])(Cl)[C@]([2H])(OC(=O)CCCCCCC/C=C\C/C=C\C/C=C\CC)C([2H])([2H])OC(=O)CCCCCCC/C=C\CCCCCCCC. The number of esters is 2. The molecule has 0 spiro atoms. The average Bonchev–Trinajstić information content (AvgIpc) is 3.03. The summed E-state index contributed by atoms with van der Waals surface area (Å²) < 4.78 is 50.2. The monoisotopic (exact) mass is 640 g/mol. The largest absolute Gasteiger partial charge is 0.462 e. The van der Waals surface area contributed by atoms with Gasteiger partial charge in [0.1, 0.15) is 12.6 Å². The number of ether oxygens (including phenoxy) is 2. The van der Waals surface area contributed by atoms with Crippen LogP contribution in [0.3, 0.4) is 0 Å². The maximum absolute atomic E-state index is 12.5. The van der Waals surface area contributed by atoms with Crippen LogP contribution >= 0.6 is 11.6 Å². The Morgan fingerprint density at radius 2 is 1.05 bits per heavy atom. The summed E-state index contributed by atoms with van der Waals surface area (Å²) in [4.78, 5) is 24.9. The predicted octanol–water partition coefficient (Wildman–Crippen LogP) is 12.3. The molecule has 0 fully saturated rings. The normalized spacial score (nSPS) is 15.8. The second kappa shape index (κ2) is 35.7. The van der Waals surface area contributed by atoms with Crippen LogP contribution in [-0.4, -0.2) is 30.4 Å². The molecule has 44 heavy (non-hydrogen) atoms. The van der Waals surface area contributed by atoms with Crippen molar-refractivity contribution in [3.8, 4) is 0 Å². The summed E-state index contributed by atoms with van der Waals surface area (Å²) in [6.07, 6.45) is 36.4. The van der Waals surface area contributed by atoms with Gasteiger partial charge in [-0.15, -0.1) is 11.6 Å². The topological polar surface area (TPSA) is 52.6 Å². The third-order valence-electron chi connectivity index (χ3n) is 7.23. The van der Waals surface area contributed by atoms with Gasteiger partial charge in [0.15, 0.2) is 0 Å². The maximum atomic E-state index is 12.5. The van der Waals surface area contributed by atoms with Gasteiger partial charge in [-0.25, -0.2) is 0 Å².